The lowest BCUT2D eigenvalue weighted by atomic mass is 9.52. The van der Waals surface area contributed by atoms with Crippen molar-refractivity contribution in [3.63, 3.8) is 0 Å². The maximum Gasteiger partial charge on any atom is 0.295 e. The zero-order valence-corrected chi connectivity index (χ0v) is 18.7. The predicted octanol–water partition coefficient (Wildman–Crippen LogP) is 1.83. The van der Waals surface area contributed by atoms with Gasteiger partial charge in [0, 0.05) is 25.3 Å². The molecule has 3 aromatic heterocycles. The zero-order chi connectivity index (χ0) is 22.9. The number of ether oxygens (including phenoxy) is 1. The lowest BCUT2D eigenvalue weighted by Crippen LogP contribution is -2.59. The number of nitrogens with one attached hydrogen (secondary N) is 2. The number of aromatic amines is 1. The summed E-state index contributed by atoms with van der Waals surface area (Å²) < 4.78 is 10.9. The van der Waals surface area contributed by atoms with E-state index in [9.17, 15) is 9.90 Å². The quantitative estimate of drug-likeness (QED) is 0.526. The molecule has 8 rings (SSSR count). The van der Waals surface area contributed by atoms with Gasteiger partial charge in [0.05, 0.1) is 36.4 Å². The van der Waals surface area contributed by atoms with Crippen LogP contribution in [0.2, 0.25) is 0 Å². The SMILES string of the molecule is O=C(c1noc(-c2cnc3[nH]cnc3c2N[C@H]2C3CC4CC2C[C@@](O)(C4)C3)n1)N1CCOCC1. The second kappa shape index (κ2) is 7.47. The first-order valence-electron chi connectivity index (χ1n) is 12.1. The van der Waals surface area contributed by atoms with Gasteiger partial charge in [0.2, 0.25) is 0 Å². The summed E-state index contributed by atoms with van der Waals surface area (Å²) in [5.74, 6) is 1.43. The van der Waals surface area contributed by atoms with Crippen LogP contribution in [0.15, 0.2) is 17.0 Å². The predicted molar refractivity (Wildman–Crippen MR) is 120 cm³/mol. The van der Waals surface area contributed by atoms with Gasteiger partial charge in [0.25, 0.3) is 17.6 Å². The molecule has 5 fully saturated rings. The van der Waals surface area contributed by atoms with Gasteiger partial charge in [-0.15, -0.1) is 0 Å². The van der Waals surface area contributed by atoms with Gasteiger partial charge >= 0.3 is 0 Å². The maximum atomic E-state index is 12.8. The van der Waals surface area contributed by atoms with Gasteiger partial charge in [-0.25, -0.2) is 9.97 Å². The number of rotatable bonds is 4. The molecule has 4 saturated carbocycles. The highest BCUT2D eigenvalue weighted by Gasteiger charge is 2.54. The average molecular weight is 466 g/mol. The second-order valence-corrected chi connectivity index (χ2v) is 10.3. The Balaban J connectivity index is 1.23. The van der Waals surface area contributed by atoms with Crippen molar-refractivity contribution in [3.05, 3.63) is 18.3 Å². The molecule has 11 heteroatoms. The molecule has 11 nitrogen and oxygen atoms in total. The summed E-state index contributed by atoms with van der Waals surface area (Å²) in [7, 11) is 0. The number of amides is 1. The third-order valence-electron chi connectivity index (χ3n) is 8.15. The number of nitrogens with zero attached hydrogens (tertiary/aromatic N) is 5. The molecule has 4 aliphatic carbocycles. The van der Waals surface area contributed by atoms with E-state index >= 15 is 0 Å². The molecule has 1 saturated heterocycles. The third kappa shape index (κ3) is 3.21. The highest BCUT2D eigenvalue weighted by molar-refractivity contribution is 5.95. The Labute approximate surface area is 195 Å². The van der Waals surface area contributed by atoms with Crippen LogP contribution >= 0.6 is 0 Å². The van der Waals surface area contributed by atoms with E-state index in [4.69, 9.17) is 9.26 Å². The fourth-order valence-corrected chi connectivity index (χ4v) is 6.91. The zero-order valence-electron chi connectivity index (χ0n) is 18.7. The average Bonchev–Trinajstić information content (AvgIpc) is 3.50. The summed E-state index contributed by atoms with van der Waals surface area (Å²) >= 11 is 0. The molecular weight excluding hydrogens is 438 g/mol. The van der Waals surface area contributed by atoms with E-state index in [2.05, 4.69) is 30.4 Å². The largest absolute Gasteiger partial charge is 0.390 e. The van der Waals surface area contributed by atoms with Gasteiger partial charge in [-0.05, 0) is 49.9 Å². The van der Waals surface area contributed by atoms with Gasteiger partial charge in [-0.3, -0.25) is 4.79 Å². The summed E-state index contributed by atoms with van der Waals surface area (Å²) in [6.45, 7) is 2.02. The van der Waals surface area contributed by atoms with Crippen LogP contribution in [-0.4, -0.2) is 79.0 Å². The number of aliphatic hydroxyl groups is 1. The number of aromatic nitrogens is 5. The molecule has 4 heterocycles. The fourth-order valence-electron chi connectivity index (χ4n) is 6.91. The monoisotopic (exact) mass is 465 g/mol. The summed E-state index contributed by atoms with van der Waals surface area (Å²) in [6.07, 6.45) is 8.19. The van der Waals surface area contributed by atoms with E-state index in [1.54, 1.807) is 17.4 Å². The lowest BCUT2D eigenvalue weighted by Gasteiger charge is -2.58. The maximum absolute atomic E-state index is 12.8. The van der Waals surface area contributed by atoms with Crippen molar-refractivity contribution < 1.29 is 19.2 Å². The minimum absolute atomic E-state index is 0.0295. The number of anilines is 1. The first-order valence-corrected chi connectivity index (χ1v) is 12.1. The number of morpholine rings is 1. The summed E-state index contributed by atoms with van der Waals surface area (Å²) in [5.41, 5.74) is 2.27. The van der Waals surface area contributed by atoms with Crippen LogP contribution in [0.3, 0.4) is 0 Å². The highest BCUT2D eigenvalue weighted by Crippen LogP contribution is 2.56. The molecule has 2 unspecified atom stereocenters. The van der Waals surface area contributed by atoms with Crippen molar-refractivity contribution >= 4 is 22.8 Å². The number of fused-ring (bicyclic) bond motifs is 1. The van der Waals surface area contributed by atoms with Crippen LogP contribution in [-0.2, 0) is 4.74 Å². The van der Waals surface area contributed by atoms with Crippen LogP contribution < -0.4 is 5.32 Å². The number of imidazole rings is 1. The van der Waals surface area contributed by atoms with Crippen molar-refractivity contribution in [2.24, 2.45) is 17.8 Å². The van der Waals surface area contributed by atoms with Crippen molar-refractivity contribution in [1.82, 2.24) is 30.0 Å². The van der Waals surface area contributed by atoms with Crippen molar-refractivity contribution in [3.8, 4) is 11.5 Å². The smallest absolute Gasteiger partial charge is 0.295 e. The number of hydrogen-bond acceptors (Lipinski definition) is 9. The van der Waals surface area contributed by atoms with E-state index in [1.807, 2.05) is 0 Å². The fraction of sp³-hybridized carbons (Fsp3) is 0.609. The second-order valence-electron chi connectivity index (χ2n) is 10.3. The first kappa shape index (κ1) is 20.3. The standard InChI is InChI=1S/C23H27N7O4/c31-22(30-1-3-33-4-2-30)20-28-21(34-29-20)15-10-24-19-18(25-11-26-19)17(15)27-16-13-5-12-6-14(16)9-23(32,7-12)8-13/h10-14,16,32H,1-9H2,(H2,24,25,26,27)/t12?,13?,14?,16-,23+. The Morgan fingerprint density at radius 3 is 2.74 bits per heavy atom. The Bertz CT molecular complexity index is 1230. The molecule has 2 atom stereocenters. The van der Waals surface area contributed by atoms with Crippen LogP contribution in [0.4, 0.5) is 5.69 Å². The molecule has 0 aromatic carbocycles. The molecule has 178 valence electrons. The topological polar surface area (TPSA) is 142 Å². The number of H-pyrrole nitrogens is 1. The van der Waals surface area contributed by atoms with Crippen LogP contribution in [0.25, 0.3) is 22.6 Å². The summed E-state index contributed by atoms with van der Waals surface area (Å²) in [6, 6.07) is 0.232. The van der Waals surface area contributed by atoms with Crippen molar-refractivity contribution in [1.29, 1.82) is 0 Å². The van der Waals surface area contributed by atoms with E-state index in [-0.39, 0.29) is 23.7 Å². The molecule has 0 radical (unpaired) electrons. The molecule has 1 aliphatic heterocycles. The van der Waals surface area contributed by atoms with E-state index in [0.29, 0.717) is 60.8 Å². The Hall–Kier alpha value is -3.05. The molecule has 5 aliphatic rings. The van der Waals surface area contributed by atoms with E-state index in [0.717, 1.165) is 37.8 Å². The lowest BCUT2D eigenvalue weighted by molar-refractivity contribution is -0.129. The summed E-state index contributed by atoms with van der Waals surface area (Å²) in [4.78, 5) is 31.0. The molecule has 4 bridgehead atoms. The van der Waals surface area contributed by atoms with Crippen molar-refractivity contribution in [2.45, 2.75) is 43.7 Å². The Morgan fingerprint density at radius 1 is 1.18 bits per heavy atom. The van der Waals surface area contributed by atoms with E-state index in [1.165, 1.54) is 0 Å². The summed E-state index contributed by atoms with van der Waals surface area (Å²) in [5, 5.41) is 18.7. The molecule has 0 spiro atoms. The third-order valence-corrected chi connectivity index (χ3v) is 8.15. The molecule has 3 N–H and O–H groups in total. The van der Waals surface area contributed by atoms with Gasteiger partial charge in [0.1, 0.15) is 5.52 Å². The minimum atomic E-state index is -0.501. The van der Waals surface area contributed by atoms with Gasteiger partial charge in [-0.1, -0.05) is 5.16 Å². The van der Waals surface area contributed by atoms with Gasteiger partial charge in [-0.2, -0.15) is 4.98 Å². The molecule has 1 amide bonds. The Morgan fingerprint density at radius 2 is 1.97 bits per heavy atom. The van der Waals surface area contributed by atoms with Gasteiger partial charge < -0.3 is 29.6 Å². The first-order chi connectivity index (χ1) is 16.6. The van der Waals surface area contributed by atoms with Crippen LogP contribution in [0, 0.1) is 17.8 Å². The van der Waals surface area contributed by atoms with Crippen LogP contribution in [0.1, 0.15) is 42.7 Å². The van der Waals surface area contributed by atoms with E-state index < -0.39 is 5.60 Å². The molecule has 3 aromatic rings. The number of hydrogen-bond donors (Lipinski definition) is 3. The van der Waals surface area contributed by atoms with Crippen LogP contribution in [0.5, 0.6) is 0 Å². The minimum Gasteiger partial charge on any atom is -0.390 e. The molecule has 34 heavy (non-hydrogen) atoms. The molecular formula is C23H27N7O4. The number of carbonyl (C=O) groups is 1. The number of pyridine rings is 1. The Kier molecular flexibility index (Phi) is 4.47. The van der Waals surface area contributed by atoms with Crippen molar-refractivity contribution in [2.75, 3.05) is 31.6 Å². The van der Waals surface area contributed by atoms with Gasteiger partial charge in [0.15, 0.2) is 5.65 Å². The number of carbonyl (C=O) groups excluding carboxylic acids is 1. The normalized spacial score (nSPS) is 32.4. The highest BCUT2D eigenvalue weighted by atomic mass is 16.5.